The van der Waals surface area contributed by atoms with Crippen LogP contribution in [0, 0.1) is 5.92 Å². The summed E-state index contributed by atoms with van der Waals surface area (Å²) in [4.78, 5) is 6.53. The highest BCUT2D eigenvalue weighted by molar-refractivity contribution is 5.39. The number of hydrogen-bond donors (Lipinski definition) is 1. The Morgan fingerprint density at radius 2 is 2.25 bits per heavy atom. The molecule has 0 amide bonds. The summed E-state index contributed by atoms with van der Waals surface area (Å²) in [6.45, 7) is 4.20. The molecule has 0 fully saturated rings. The molecular formula is C12H21N3O. The molecule has 0 aliphatic carbocycles. The number of rotatable bonds is 6. The Morgan fingerprint density at radius 1 is 1.50 bits per heavy atom. The SMILES string of the molecule is CNCC(C)CN(C)c1cccc(OC)n1. The Morgan fingerprint density at radius 3 is 2.88 bits per heavy atom. The van der Waals surface area contributed by atoms with E-state index in [1.165, 1.54) is 0 Å². The van der Waals surface area contributed by atoms with E-state index >= 15 is 0 Å². The highest BCUT2D eigenvalue weighted by Crippen LogP contribution is 2.15. The Hall–Kier alpha value is -1.29. The fraction of sp³-hybridized carbons (Fsp3) is 0.583. The summed E-state index contributed by atoms with van der Waals surface area (Å²) in [5.41, 5.74) is 0. The van der Waals surface area contributed by atoms with E-state index in [-0.39, 0.29) is 0 Å². The molecule has 0 radical (unpaired) electrons. The minimum atomic E-state index is 0.586. The Balaban J connectivity index is 2.61. The summed E-state index contributed by atoms with van der Waals surface area (Å²) in [6.07, 6.45) is 0. The summed E-state index contributed by atoms with van der Waals surface area (Å²) in [5.74, 6) is 2.19. The molecule has 1 unspecified atom stereocenters. The molecule has 0 aliphatic heterocycles. The maximum Gasteiger partial charge on any atom is 0.214 e. The first kappa shape index (κ1) is 12.8. The highest BCUT2D eigenvalue weighted by atomic mass is 16.5. The van der Waals surface area contributed by atoms with Crippen LogP contribution in [0.2, 0.25) is 0 Å². The van der Waals surface area contributed by atoms with Crippen LogP contribution >= 0.6 is 0 Å². The third-order valence-electron chi connectivity index (χ3n) is 2.45. The molecule has 1 aromatic heterocycles. The summed E-state index contributed by atoms with van der Waals surface area (Å²) in [5, 5.41) is 3.18. The van der Waals surface area contributed by atoms with Gasteiger partial charge in [0.05, 0.1) is 7.11 Å². The van der Waals surface area contributed by atoms with Crippen LogP contribution in [-0.2, 0) is 0 Å². The number of anilines is 1. The van der Waals surface area contributed by atoms with Crippen molar-refractivity contribution in [1.29, 1.82) is 0 Å². The first-order valence-corrected chi connectivity index (χ1v) is 5.54. The molecular weight excluding hydrogens is 202 g/mol. The number of ether oxygens (including phenoxy) is 1. The zero-order chi connectivity index (χ0) is 12.0. The lowest BCUT2D eigenvalue weighted by molar-refractivity contribution is 0.397. The van der Waals surface area contributed by atoms with Crippen molar-refractivity contribution in [2.75, 3.05) is 39.2 Å². The third kappa shape index (κ3) is 3.70. The van der Waals surface area contributed by atoms with Crippen LogP contribution < -0.4 is 15.0 Å². The summed E-state index contributed by atoms with van der Waals surface area (Å²) in [6, 6.07) is 5.81. The van der Waals surface area contributed by atoms with Gasteiger partial charge in [-0.25, -0.2) is 0 Å². The molecule has 0 aliphatic rings. The van der Waals surface area contributed by atoms with Crippen LogP contribution in [0.3, 0.4) is 0 Å². The van der Waals surface area contributed by atoms with Crippen molar-refractivity contribution in [3.63, 3.8) is 0 Å². The highest BCUT2D eigenvalue weighted by Gasteiger charge is 2.08. The maximum atomic E-state index is 5.11. The molecule has 1 heterocycles. The lowest BCUT2D eigenvalue weighted by Crippen LogP contribution is -2.30. The molecule has 4 nitrogen and oxygen atoms in total. The molecule has 90 valence electrons. The second-order valence-corrected chi connectivity index (χ2v) is 4.08. The van der Waals surface area contributed by atoms with Crippen LogP contribution in [0.15, 0.2) is 18.2 Å². The quantitative estimate of drug-likeness (QED) is 0.790. The largest absolute Gasteiger partial charge is 0.481 e. The van der Waals surface area contributed by atoms with Crippen molar-refractivity contribution in [2.45, 2.75) is 6.92 Å². The molecule has 1 rings (SSSR count). The lowest BCUT2D eigenvalue weighted by Gasteiger charge is -2.22. The van der Waals surface area contributed by atoms with E-state index in [9.17, 15) is 0 Å². The van der Waals surface area contributed by atoms with Crippen molar-refractivity contribution in [3.8, 4) is 5.88 Å². The van der Waals surface area contributed by atoms with Gasteiger partial charge in [-0.15, -0.1) is 0 Å². The normalized spacial score (nSPS) is 12.2. The Labute approximate surface area is 97.6 Å². The molecule has 0 saturated heterocycles. The van der Waals surface area contributed by atoms with E-state index in [0.29, 0.717) is 11.8 Å². The van der Waals surface area contributed by atoms with Crippen molar-refractivity contribution in [2.24, 2.45) is 5.92 Å². The van der Waals surface area contributed by atoms with Crippen molar-refractivity contribution < 1.29 is 4.74 Å². The topological polar surface area (TPSA) is 37.4 Å². The summed E-state index contributed by atoms with van der Waals surface area (Å²) >= 11 is 0. The van der Waals surface area contributed by atoms with E-state index in [4.69, 9.17) is 4.74 Å². The number of aromatic nitrogens is 1. The van der Waals surface area contributed by atoms with Gasteiger partial charge in [0.25, 0.3) is 0 Å². The molecule has 0 bridgehead atoms. The first-order valence-electron chi connectivity index (χ1n) is 5.54. The second-order valence-electron chi connectivity index (χ2n) is 4.08. The number of methoxy groups -OCH3 is 1. The van der Waals surface area contributed by atoms with Crippen molar-refractivity contribution in [3.05, 3.63) is 18.2 Å². The molecule has 0 aromatic carbocycles. The van der Waals surface area contributed by atoms with Crippen LogP contribution in [-0.4, -0.2) is 39.3 Å². The van der Waals surface area contributed by atoms with Gasteiger partial charge in [0.1, 0.15) is 5.82 Å². The van der Waals surface area contributed by atoms with Crippen molar-refractivity contribution in [1.82, 2.24) is 10.3 Å². The fourth-order valence-corrected chi connectivity index (χ4v) is 1.70. The van der Waals surface area contributed by atoms with Gasteiger partial charge >= 0.3 is 0 Å². The number of pyridine rings is 1. The molecule has 0 saturated carbocycles. The zero-order valence-electron chi connectivity index (χ0n) is 10.5. The van der Waals surface area contributed by atoms with Crippen LogP contribution in [0.4, 0.5) is 5.82 Å². The average molecular weight is 223 g/mol. The summed E-state index contributed by atoms with van der Waals surface area (Å²) in [7, 11) is 5.66. The summed E-state index contributed by atoms with van der Waals surface area (Å²) < 4.78 is 5.11. The molecule has 1 atom stereocenters. The number of nitrogens with zero attached hydrogens (tertiary/aromatic N) is 2. The molecule has 16 heavy (non-hydrogen) atoms. The van der Waals surface area contributed by atoms with Crippen LogP contribution in [0.25, 0.3) is 0 Å². The molecule has 4 heteroatoms. The Bertz CT molecular complexity index is 317. The fourth-order valence-electron chi connectivity index (χ4n) is 1.70. The van der Waals surface area contributed by atoms with E-state index in [0.717, 1.165) is 18.9 Å². The minimum absolute atomic E-state index is 0.586. The smallest absolute Gasteiger partial charge is 0.214 e. The lowest BCUT2D eigenvalue weighted by atomic mass is 10.1. The van der Waals surface area contributed by atoms with Gasteiger partial charge in [-0.05, 0) is 25.6 Å². The predicted octanol–water partition coefficient (Wildman–Crippen LogP) is 1.38. The van der Waals surface area contributed by atoms with Gasteiger partial charge in [0, 0.05) is 19.7 Å². The first-order chi connectivity index (χ1) is 7.67. The average Bonchev–Trinajstić information content (AvgIpc) is 2.29. The van der Waals surface area contributed by atoms with Crippen LogP contribution in [0.5, 0.6) is 5.88 Å². The predicted molar refractivity (Wildman–Crippen MR) is 67.1 cm³/mol. The maximum absolute atomic E-state index is 5.11. The number of nitrogens with one attached hydrogen (secondary N) is 1. The number of hydrogen-bond acceptors (Lipinski definition) is 4. The van der Waals surface area contributed by atoms with Gasteiger partial charge in [-0.1, -0.05) is 13.0 Å². The zero-order valence-corrected chi connectivity index (χ0v) is 10.5. The minimum Gasteiger partial charge on any atom is -0.481 e. The molecule has 1 N–H and O–H groups in total. The van der Waals surface area contributed by atoms with Crippen molar-refractivity contribution >= 4 is 5.82 Å². The molecule has 1 aromatic rings. The van der Waals surface area contributed by atoms with Gasteiger partial charge in [-0.2, -0.15) is 4.98 Å². The van der Waals surface area contributed by atoms with Gasteiger partial charge < -0.3 is 15.0 Å². The molecule has 0 spiro atoms. The van der Waals surface area contributed by atoms with Gasteiger partial charge in [-0.3, -0.25) is 0 Å². The monoisotopic (exact) mass is 223 g/mol. The third-order valence-corrected chi connectivity index (χ3v) is 2.45. The van der Waals surface area contributed by atoms with Gasteiger partial charge in [0.15, 0.2) is 0 Å². The van der Waals surface area contributed by atoms with E-state index < -0.39 is 0 Å². The second kappa shape index (κ2) is 6.33. The van der Waals surface area contributed by atoms with E-state index in [1.54, 1.807) is 7.11 Å². The van der Waals surface area contributed by atoms with E-state index in [1.807, 2.05) is 32.3 Å². The standard InChI is InChI=1S/C12H21N3O/c1-10(8-13-2)9-15(3)11-6-5-7-12(14-11)16-4/h5-7,10,13H,8-9H2,1-4H3. The van der Waals surface area contributed by atoms with Crippen LogP contribution in [0.1, 0.15) is 6.92 Å². The van der Waals surface area contributed by atoms with Gasteiger partial charge in [0.2, 0.25) is 5.88 Å². The Kier molecular flexibility index (Phi) is 5.05. The van der Waals surface area contributed by atoms with E-state index in [2.05, 4.69) is 22.1 Å².